The molecule has 0 bridgehead atoms. The number of rotatable bonds is 16. The molecular formula is C19H37. The second kappa shape index (κ2) is 17.7. The molecule has 0 heteroatoms. The largest absolute Gasteiger partial charge is 0.0845 e. The van der Waals surface area contributed by atoms with Crippen LogP contribution in [0.15, 0.2) is 6.08 Å². The number of hydrogen-bond donors (Lipinski definition) is 0. The van der Waals surface area contributed by atoms with Crippen LogP contribution in [0.5, 0.6) is 0 Å². The molecule has 0 aromatic carbocycles. The lowest BCUT2D eigenvalue weighted by Gasteiger charge is -2.03. The molecule has 0 atom stereocenters. The lowest BCUT2D eigenvalue weighted by atomic mass is 10.0. The van der Waals surface area contributed by atoms with Crippen molar-refractivity contribution >= 4 is 0 Å². The minimum atomic E-state index is 1.10. The zero-order valence-electron chi connectivity index (χ0n) is 13.5. The van der Waals surface area contributed by atoms with Gasteiger partial charge in [0.1, 0.15) is 0 Å². The third-order valence-corrected chi connectivity index (χ3v) is 3.97. The Morgan fingerprint density at radius 1 is 0.526 bits per heavy atom. The number of hydrogen-bond acceptors (Lipinski definition) is 0. The van der Waals surface area contributed by atoms with E-state index in [1.165, 1.54) is 96.3 Å². The molecule has 0 heterocycles. The zero-order chi connectivity index (χ0) is 14.0. The van der Waals surface area contributed by atoms with Crippen molar-refractivity contribution in [3.8, 4) is 0 Å². The summed E-state index contributed by atoms with van der Waals surface area (Å²) >= 11 is 0. The van der Waals surface area contributed by atoms with E-state index in [0.29, 0.717) is 0 Å². The van der Waals surface area contributed by atoms with E-state index in [0.717, 1.165) is 6.42 Å². The Morgan fingerprint density at radius 2 is 0.842 bits per heavy atom. The van der Waals surface area contributed by atoms with Gasteiger partial charge in [0.25, 0.3) is 0 Å². The molecule has 0 unspecified atom stereocenters. The average Bonchev–Trinajstić information content (AvgIpc) is 2.43. The van der Waals surface area contributed by atoms with Gasteiger partial charge < -0.3 is 0 Å². The summed E-state index contributed by atoms with van der Waals surface area (Å²) in [4.78, 5) is 0. The summed E-state index contributed by atoms with van der Waals surface area (Å²) in [5.41, 5.74) is 0. The van der Waals surface area contributed by atoms with E-state index in [1.807, 2.05) is 0 Å². The summed E-state index contributed by atoms with van der Waals surface area (Å²) in [5, 5.41) is 0. The quantitative estimate of drug-likeness (QED) is 0.258. The summed E-state index contributed by atoms with van der Waals surface area (Å²) in [6, 6.07) is 0. The van der Waals surface area contributed by atoms with Crippen LogP contribution in [-0.4, -0.2) is 0 Å². The third kappa shape index (κ3) is 17.7. The maximum atomic E-state index is 5.36. The maximum Gasteiger partial charge on any atom is -0.0348 e. The summed E-state index contributed by atoms with van der Waals surface area (Å²) in [7, 11) is 0. The van der Waals surface area contributed by atoms with E-state index >= 15 is 0 Å². The predicted molar refractivity (Wildman–Crippen MR) is 88.4 cm³/mol. The molecule has 0 aliphatic rings. The molecule has 113 valence electrons. The van der Waals surface area contributed by atoms with E-state index in [2.05, 4.69) is 6.92 Å². The van der Waals surface area contributed by atoms with Crippen LogP contribution >= 0.6 is 0 Å². The van der Waals surface area contributed by atoms with Crippen molar-refractivity contribution in [2.24, 2.45) is 0 Å². The highest BCUT2D eigenvalue weighted by Crippen LogP contribution is 2.13. The van der Waals surface area contributed by atoms with Gasteiger partial charge in [0.15, 0.2) is 0 Å². The third-order valence-electron chi connectivity index (χ3n) is 3.97. The molecule has 0 aromatic rings. The second-order valence-electron chi connectivity index (χ2n) is 5.97. The Bertz CT molecular complexity index is 159. The summed E-state index contributed by atoms with van der Waals surface area (Å²) in [6.45, 7) is 7.65. The molecule has 0 aromatic heterocycles. The maximum absolute atomic E-state index is 5.36. The predicted octanol–water partition coefficient (Wildman–Crippen LogP) is 7.24. The Hall–Kier alpha value is -0.260. The van der Waals surface area contributed by atoms with Crippen molar-refractivity contribution in [2.45, 2.75) is 110 Å². The van der Waals surface area contributed by atoms with Crippen LogP contribution in [0.2, 0.25) is 0 Å². The molecule has 19 heavy (non-hydrogen) atoms. The van der Waals surface area contributed by atoms with Crippen molar-refractivity contribution in [1.29, 1.82) is 0 Å². The van der Waals surface area contributed by atoms with Crippen LogP contribution in [0.4, 0.5) is 0 Å². The molecule has 0 rings (SSSR count). The van der Waals surface area contributed by atoms with E-state index in [-0.39, 0.29) is 0 Å². The van der Waals surface area contributed by atoms with Crippen LogP contribution in [0.1, 0.15) is 110 Å². The van der Waals surface area contributed by atoms with E-state index < -0.39 is 0 Å². The number of unbranched alkanes of at least 4 members (excludes halogenated alkanes) is 15. The van der Waals surface area contributed by atoms with Crippen molar-refractivity contribution in [2.75, 3.05) is 0 Å². The van der Waals surface area contributed by atoms with Gasteiger partial charge in [-0.2, -0.15) is 0 Å². The molecular weight excluding hydrogens is 228 g/mol. The molecule has 1 radical (unpaired) electrons. The molecule has 0 aliphatic carbocycles. The Balaban J connectivity index is 2.89. The standard InChI is InChI=1S/C19H37/c1-3-5-7-9-11-13-15-17-19-18-16-14-12-10-8-6-4-2/h1,3H,4-19H2,2H3. The molecule has 0 N–H and O–H groups in total. The zero-order valence-corrected chi connectivity index (χ0v) is 13.5. The SMILES string of the molecule is [CH]=CCCCCCCCCCCCCCCCCC. The van der Waals surface area contributed by atoms with Gasteiger partial charge in [-0.15, -0.1) is 0 Å². The highest BCUT2D eigenvalue weighted by Gasteiger charge is 1.93. The van der Waals surface area contributed by atoms with Crippen molar-refractivity contribution in [1.82, 2.24) is 0 Å². The van der Waals surface area contributed by atoms with E-state index in [9.17, 15) is 0 Å². The molecule has 0 fully saturated rings. The minimum Gasteiger partial charge on any atom is -0.0845 e. The van der Waals surface area contributed by atoms with Gasteiger partial charge in [-0.3, -0.25) is 0 Å². The first-order valence-corrected chi connectivity index (χ1v) is 8.95. The Kier molecular flexibility index (Phi) is 17.5. The lowest BCUT2D eigenvalue weighted by Crippen LogP contribution is -1.83. The smallest absolute Gasteiger partial charge is 0.0348 e. The Labute approximate surface area is 123 Å². The Morgan fingerprint density at radius 3 is 1.16 bits per heavy atom. The van der Waals surface area contributed by atoms with Crippen LogP contribution in [0, 0.1) is 6.58 Å². The topological polar surface area (TPSA) is 0 Å². The number of allylic oxidation sites excluding steroid dienone is 1. The summed E-state index contributed by atoms with van der Waals surface area (Å²) in [5.74, 6) is 0. The summed E-state index contributed by atoms with van der Waals surface area (Å²) in [6.07, 6.45) is 24.4. The first-order valence-electron chi connectivity index (χ1n) is 8.95. The molecule has 0 amide bonds. The summed E-state index contributed by atoms with van der Waals surface area (Å²) < 4.78 is 0. The van der Waals surface area contributed by atoms with Crippen molar-refractivity contribution in [3.63, 3.8) is 0 Å². The van der Waals surface area contributed by atoms with Gasteiger partial charge in [-0.05, 0) is 12.8 Å². The second-order valence-corrected chi connectivity index (χ2v) is 5.97. The van der Waals surface area contributed by atoms with Gasteiger partial charge in [0.05, 0.1) is 0 Å². The van der Waals surface area contributed by atoms with Crippen LogP contribution in [0.25, 0.3) is 0 Å². The first-order chi connectivity index (χ1) is 9.41. The van der Waals surface area contributed by atoms with E-state index in [1.54, 1.807) is 6.08 Å². The molecule has 0 nitrogen and oxygen atoms in total. The molecule has 0 spiro atoms. The van der Waals surface area contributed by atoms with Gasteiger partial charge in [-0.25, -0.2) is 0 Å². The van der Waals surface area contributed by atoms with Crippen molar-refractivity contribution in [3.05, 3.63) is 12.7 Å². The van der Waals surface area contributed by atoms with Crippen molar-refractivity contribution < 1.29 is 0 Å². The fourth-order valence-electron chi connectivity index (χ4n) is 2.63. The molecule has 0 saturated carbocycles. The average molecular weight is 266 g/mol. The van der Waals surface area contributed by atoms with Crippen LogP contribution < -0.4 is 0 Å². The fraction of sp³-hybridized carbons (Fsp3) is 0.895. The van der Waals surface area contributed by atoms with Gasteiger partial charge in [0.2, 0.25) is 0 Å². The molecule has 0 saturated heterocycles. The van der Waals surface area contributed by atoms with Crippen LogP contribution in [-0.2, 0) is 0 Å². The monoisotopic (exact) mass is 265 g/mol. The highest BCUT2D eigenvalue weighted by atomic mass is 14.0. The van der Waals surface area contributed by atoms with E-state index in [4.69, 9.17) is 6.58 Å². The fourth-order valence-corrected chi connectivity index (χ4v) is 2.63. The van der Waals surface area contributed by atoms with Crippen LogP contribution in [0.3, 0.4) is 0 Å². The highest BCUT2D eigenvalue weighted by molar-refractivity contribution is 4.61. The van der Waals surface area contributed by atoms with Gasteiger partial charge >= 0.3 is 0 Å². The first kappa shape index (κ1) is 18.7. The minimum absolute atomic E-state index is 1.10. The van der Waals surface area contributed by atoms with Gasteiger partial charge in [-0.1, -0.05) is 109 Å². The normalized spacial score (nSPS) is 10.8. The molecule has 0 aliphatic heterocycles. The lowest BCUT2D eigenvalue weighted by molar-refractivity contribution is 0.533. The van der Waals surface area contributed by atoms with Gasteiger partial charge in [0, 0.05) is 0 Å².